The van der Waals surface area contributed by atoms with Gasteiger partial charge in [0.15, 0.2) is 0 Å². The standard InChI is InChI=1S/C21H19F2N3O3/c1-12(2)26-19(27)10-18(29-11-15-6-7-16(22)9-17(15)23)25-21(26)14-5-3-4-13(8-14)20(24)28/h3-10,12H,11H2,1-2H3,(H2,24,28). The molecule has 6 nitrogen and oxygen atoms in total. The highest BCUT2D eigenvalue weighted by atomic mass is 19.1. The van der Waals surface area contributed by atoms with Crippen LogP contribution in [0.15, 0.2) is 53.3 Å². The van der Waals surface area contributed by atoms with Crippen molar-refractivity contribution in [2.24, 2.45) is 5.73 Å². The monoisotopic (exact) mass is 399 g/mol. The third-order valence-corrected chi connectivity index (χ3v) is 4.24. The van der Waals surface area contributed by atoms with Crippen molar-refractivity contribution in [1.29, 1.82) is 0 Å². The first-order valence-electron chi connectivity index (χ1n) is 8.87. The zero-order valence-electron chi connectivity index (χ0n) is 15.9. The van der Waals surface area contributed by atoms with E-state index >= 15 is 0 Å². The topological polar surface area (TPSA) is 87.2 Å². The normalized spacial score (nSPS) is 10.9. The van der Waals surface area contributed by atoms with Gasteiger partial charge in [-0.25, -0.2) is 8.78 Å². The molecule has 0 fully saturated rings. The maximum Gasteiger partial charge on any atom is 0.257 e. The second-order valence-electron chi connectivity index (χ2n) is 6.69. The number of nitrogens with zero attached hydrogens (tertiary/aromatic N) is 2. The van der Waals surface area contributed by atoms with E-state index in [1.54, 1.807) is 18.2 Å². The molecule has 0 radical (unpaired) electrons. The zero-order valence-corrected chi connectivity index (χ0v) is 15.9. The fourth-order valence-electron chi connectivity index (χ4n) is 2.85. The Kier molecular flexibility index (Phi) is 5.72. The largest absolute Gasteiger partial charge is 0.472 e. The first-order valence-corrected chi connectivity index (χ1v) is 8.87. The summed E-state index contributed by atoms with van der Waals surface area (Å²) in [5.74, 6) is -1.79. The van der Waals surface area contributed by atoms with E-state index in [1.165, 1.54) is 22.8 Å². The van der Waals surface area contributed by atoms with Crippen molar-refractivity contribution in [2.45, 2.75) is 26.5 Å². The van der Waals surface area contributed by atoms with E-state index in [-0.39, 0.29) is 41.0 Å². The van der Waals surface area contributed by atoms with Crippen LogP contribution < -0.4 is 16.0 Å². The summed E-state index contributed by atoms with van der Waals surface area (Å²) in [7, 11) is 0. The van der Waals surface area contributed by atoms with E-state index in [9.17, 15) is 18.4 Å². The maximum absolute atomic E-state index is 13.8. The van der Waals surface area contributed by atoms with Gasteiger partial charge in [0.2, 0.25) is 11.8 Å². The summed E-state index contributed by atoms with van der Waals surface area (Å²) >= 11 is 0. The summed E-state index contributed by atoms with van der Waals surface area (Å²) in [6.45, 7) is 3.41. The fraction of sp³-hybridized carbons (Fsp3) is 0.190. The van der Waals surface area contributed by atoms with Crippen molar-refractivity contribution in [1.82, 2.24) is 9.55 Å². The highest BCUT2D eigenvalue weighted by Crippen LogP contribution is 2.23. The lowest BCUT2D eigenvalue weighted by Gasteiger charge is -2.17. The predicted molar refractivity (Wildman–Crippen MR) is 104 cm³/mol. The lowest BCUT2D eigenvalue weighted by molar-refractivity contribution is 0.100. The number of primary amides is 1. The molecule has 0 bridgehead atoms. The molecule has 0 unspecified atom stereocenters. The van der Waals surface area contributed by atoms with E-state index < -0.39 is 17.5 Å². The third-order valence-electron chi connectivity index (χ3n) is 4.24. The number of aromatic nitrogens is 2. The Morgan fingerprint density at radius 1 is 1.17 bits per heavy atom. The van der Waals surface area contributed by atoms with Gasteiger partial charge >= 0.3 is 0 Å². The molecule has 8 heteroatoms. The van der Waals surface area contributed by atoms with Crippen molar-refractivity contribution < 1.29 is 18.3 Å². The number of carbonyl (C=O) groups is 1. The van der Waals surface area contributed by atoms with Gasteiger partial charge in [0.1, 0.15) is 24.1 Å². The van der Waals surface area contributed by atoms with Crippen LogP contribution in [-0.2, 0) is 6.61 Å². The summed E-state index contributed by atoms with van der Waals surface area (Å²) in [6, 6.07) is 10.5. The van der Waals surface area contributed by atoms with Crippen molar-refractivity contribution in [3.05, 3.63) is 81.6 Å². The molecule has 2 aromatic carbocycles. The van der Waals surface area contributed by atoms with Crippen LogP contribution in [0.25, 0.3) is 11.4 Å². The van der Waals surface area contributed by atoms with E-state index in [0.29, 0.717) is 5.56 Å². The second kappa shape index (κ2) is 8.22. The molecule has 0 spiro atoms. The molecular weight excluding hydrogens is 380 g/mol. The Hall–Kier alpha value is -3.55. The first-order chi connectivity index (χ1) is 13.8. The minimum atomic E-state index is -0.755. The average Bonchev–Trinajstić information content (AvgIpc) is 2.66. The molecule has 29 heavy (non-hydrogen) atoms. The van der Waals surface area contributed by atoms with Gasteiger partial charge in [-0.05, 0) is 38.1 Å². The minimum Gasteiger partial charge on any atom is -0.472 e. The summed E-state index contributed by atoms with van der Waals surface area (Å²) in [6.07, 6.45) is 0. The van der Waals surface area contributed by atoms with E-state index in [0.717, 1.165) is 12.1 Å². The molecular formula is C21H19F2N3O3. The van der Waals surface area contributed by atoms with Crippen LogP contribution in [0.1, 0.15) is 35.8 Å². The second-order valence-corrected chi connectivity index (χ2v) is 6.69. The van der Waals surface area contributed by atoms with Gasteiger partial charge in [-0.3, -0.25) is 14.2 Å². The lowest BCUT2D eigenvalue weighted by atomic mass is 10.1. The first kappa shape index (κ1) is 20.2. The molecule has 150 valence electrons. The van der Waals surface area contributed by atoms with Crippen molar-refractivity contribution in [3.63, 3.8) is 0 Å². The zero-order chi connectivity index (χ0) is 21.1. The molecule has 0 saturated carbocycles. The summed E-state index contributed by atoms with van der Waals surface area (Å²) in [5, 5.41) is 0. The van der Waals surface area contributed by atoms with E-state index in [1.807, 2.05) is 13.8 Å². The van der Waals surface area contributed by atoms with Crippen LogP contribution in [0.3, 0.4) is 0 Å². The Bertz CT molecular complexity index is 1130. The van der Waals surface area contributed by atoms with Crippen molar-refractivity contribution in [3.8, 4) is 17.3 Å². The molecule has 3 rings (SSSR count). The lowest BCUT2D eigenvalue weighted by Crippen LogP contribution is -2.24. The molecule has 0 aliphatic carbocycles. The smallest absolute Gasteiger partial charge is 0.257 e. The van der Waals surface area contributed by atoms with Gasteiger partial charge in [0.25, 0.3) is 5.56 Å². The number of nitrogens with two attached hydrogens (primary N) is 1. The van der Waals surface area contributed by atoms with Crippen LogP contribution >= 0.6 is 0 Å². The quantitative estimate of drug-likeness (QED) is 0.688. The predicted octanol–water partition coefficient (Wildman–Crippen LogP) is 3.45. The molecule has 0 saturated heterocycles. The fourth-order valence-corrected chi connectivity index (χ4v) is 2.85. The van der Waals surface area contributed by atoms with Gasteiger partial charge in [-0.1, -0.05) is 12.1 Å². The van der Waals surface area contributed by atoms with Crippen LogP contribution in [0.2, 0.25) is 0 Å². The number of hydrogen-bond acceptors (Lipinski definition) is 4. The number of carbonyl (C=O) groups excluding carboxylic acids is 1. The van der Waals surface area contributed by atoms with Gasteiger partial charge < -0.3 is 10.5 Å². The Labute approximate surface area is 165 Å². The number of benzene rings is 2. The highest BCUT2D eigenvalue weighted by Gasteiger charge is 2.16. The van der Waals surface area contributed by atoms with Crippen LogP contribution in [-0.4, -0.2) is 15.5 Å². The number of rotatable bonds is 6. The van der Waals surface area contributed by atoms with Gasteiger partial charge in [0.05, 0.1) is 6.07 Å². The maximum atomic E-state index is 13.8. The SMILES string of the molecule is CC(C)n1c(-c2cccc(C(N)=O)c2)nc(OCc2ccc(F)cc2F)cc1=O. The van der Waals surface area contributed by atoms with Crippen LogP contribution in [0, 0.1) is 11.6 Å². The molecule has 0 aliphatic heterocycles. The van der Waals surface area contributed by atoms with Gasteiger partial charge in [0, 0.05) is 28.8 Å². The average molecular weight is 399 g/mol. The summed E-state index contributed by atoms with van der Waals surface area (Å²) in [5.41, 5.74) is 5.87. The summed E-state index contributed by atoms with van der Waals surface area (Å²) < 4.78 is 33.8. The highest BCUT2D eigenvalue weighted by molar-refractivity contribution is 5.93. The van der Waals surface area contributed by atoms with E-state index in [2.05, 4.69) is 4.98 Å². The molecule has 1 amide bonds. The van der Waals surface area contributed by atoms with Gasteiger partial charge in [-0.2, -0.15) is 4.98 Å². The Balaban J connectivity index is 2.01. The number of amides is 1. The van der Waals surface area contributed by atoms with Crippen LogP contribution in [0.4, 0.5) is 8.78 Å². The van der Waals surface area contributed by atoms with Crippen LogP contribution in [0.5, 0.6) is 5.88 Å². The van der Waals surface area contributed by atoms with E-state index in [4.69, 9.17) is 10.5 Å². The van der Waals surface area contributed by atoms with Crippen molar-refractivity contribution >= 4 is 5.91 Å². The molecule has 3 aromatic rings. The molecule has 0 aliphatic rings. The number of ether oxygens (including phenoxy) is 1. The molecule has 1 aromatic heterocycles. The molecule has 2 N–H and O–H groups in total. The molecule has 0 atom stereocenters. The van der Waals surface area contributed by atoms with Crippen molar-refractivity contribution in [2.75, 3.05) is 0 Å². The van der Waals surface area contributed by atoms with Gasteiger partial charge in [-0.15, -0.1) is 0 Å². The number of halogens is 2. The Morgan fingerprint density at radius 2 is 1.93 bits per heavy atom. The Morgan fingerprint density at radius 3 is 2.59 bits per heavy atom. The summed E-state index contributed by atoms with van der Waals surface area (Å²) in [4.78, 5) is 28.5. The minimum absolute atomic E-state index is 0.0184. The third kappa shape index (κ3) is 4.48. The number of hydrogen-bond donors (Lipinski definition) is 1. The molecule has 1 heterocycles.